The van der Waals surface area contributed by atoms with Crippen LogP contribution in [-0.2, 0) is 6.54 Å². The Morgan fingerprint density at radius 1 is 1.11 bits per heavy atom. The summed E-state index contributed by atoms with van der Waals surface area (Å²) in [5, 5.41) is 10.7. The molecule has 1 heterocycles. The third-order valence-electron chi connectivity index (χ3n) is 4.61. The summed E-state index contributed by atoms with van der Waals surface area (Å²) in [5.41, 5.74) is 2.15. The lowest BCUT2D eigenvalue weighted by atomic mass is 9.71. The topological polar surface area (TPSA) is 23.5 Å². The number of aliphatic hydroxyl groups is 1. The largest absolute Gasteiger partial charge is 0.389 e. The standard InChI is InChI=1S/C17H27NO/c1-14-5-7-15(8-6-14)13-18-11-9-17(19,10-12-18)16(2,3)4/h5-8,19H,9-13H2,1-4H3. The van der Waals surface area contributed by atoms with Crippen molar-refractivity contribution in [1.29, 1.82) is 0 Å². The van der Waals surface area contributed by atoms with Gasteiger partial charge < -0.3 is 5.11 Å². The zero-order chi connectivity index (χ0) is 14.1. The van der Waals surface area contributed by atoms with Crippen LogP contribution in [0.1, 0.15) is 44.7 Å². The van der Waals surface area contributed by atoms with Gasteiger partial charge in [0.1, 0.15) is 0 Å². The van der Waals surface area contributed by atoms with E-state index in [4.69, 9.17) is 0 Å². The number of aryl methyl sites for hydroxylation is 1. The fourth-order valence-corrected chi connectivity index (χ4v) is 2.78. The van der Waals surface area contributed by atoms with E-state index in [-0.39, 0.29) is 5.41 Å². The van der Waals surface area contributed by atoms with Crippen LogP contribution in [0.2, 0.25) is 0 Å². The second-order valence-corrected chi connectivity index (χ2v) is 7.04. The lowest BCUT2D eigenvalue weighted by Crippen LogP contribution is -2.51. The van der Waals surface area contributed by atoms with Gasteiger partial charge in [0, 0.05) is 19.6 Å². The summed E-state index contributed by atoms with van der Waals surface area (Å²) in [6, 6.07) is 8.76. The van der Waals surface area contributed by atoms with Crippen molar-refractivity contribution >= 4 is 0 Å². The van der Waals surface area contributed by atoms with Crippen molar-refractivity contribution in [2.75, 3.05) is 13.1 Å². The zero-order valence-electron chi connectivity index (χ0n) is 12.7. The van der Waals surface area contributed by atoms with E-state index in [1.807, 2.05) is 0 Å². The number of likely N-dealkylation sites (tertiary alicyclic amines) is 1. The SMILES string of the molecule is Cc1ccc(CN2CCC(O)(C(C)(C)C)CC2)cc1. The predicted molar refractivity (Wildman–Crippen MR) is 80.1 cm³/mol. The van der Waals surface area contributed by atoms with Crippen LogP contribution >= 0.6 is 0 Å². The van der Waals surface area contributed by atoms with Crippen LogP contribution in [0.5, 0.6) is 0 Å². The van der Waals surface area contributed by atoms with Crippen LogP contribution in [0.25, 0.3) is 0 Å². The van der Waals surface area contributed by atoms with Crippen molar-refractivity contribution in [2.24, 2.45) is 5.41 Å². The molecule has 1 aromatic rings. The van der Waals surface area contributed by atoms with Crippen molar-refractivity contribution in [3.8, 4) is 0 Å². The van der Waals surface area contributed by atoms with E-state index >= 15 is 0 Å². The van der Waals surface area contributed by atoms with E-state index in [0.717, 1.165) is 32.5 Å². The smallest absolute Gasteiger partial charge is 0.0720 e. The van der Waals surface area contributed by atoms with E-state index < -0.39 is 5.60 Å². The first-order valence-corrected chi connectivity index (χ1v) is 7.30. The van der Waals surface area contributed by atoms with E-state index in [1.54, 1.807) is 0 Å². The van der Waals surface area contributed by atoms with Crippen molar-refractivity contribution in [3.63, 3.8) is 0 Å². The highest BCUT2D eigenvalue weighted by molar-refractivity contribution is 5.21. The number of rotatable bonds is 2. The Bertz CT molecular complexity index is 408. The highest BCUT2D eigenvalue weighted by Gasteiger charge is 2.42. The number of piperidine rings is 1. The number of hydrogen-bond acceptors (Lipinski definition) is 2. The fraction of sp³-hybridized carbons (Fsp3) is 0.647. The summed E-state index contributed by atoms with van der Waals surface area (Å²) in [4.78, 5) is 2.45. The molecule has 0 bridgehead atoms. The molecule has 1 aliphatic heterocycles. The lowest BCUT2D eigenvalue weighted by molar-refractivity contribution is -0.0999. The Morgan fingerprint density at radius 3 is 2.11 bits per heavy atom. The predicted octanol–water partition coefficient (Wildman–Crippen LogP) is 3.37. The molecule has 1 fully saturated rings. The molecule has 106 valence electrons. The van der Waals surface area contributed by atoms with E-state index in [9.17, 15) is 5.11 Å². The summed E-state index contributed by atoms with van der Waals surface area (Å²) in [5.74, 6) is 0. The third-order valence-corrected chi connectivity index (χ3v) is 4.61. The molecule has 1 aliphatic rings. The van der Waals surface area contributed by atoms with Crippen molar-refractivity contribution in [1.82, 2.24) is 4.90 Å². The third kappa shape index (κ3) is 3.37. The second kappa shape index (κ2) is 5.26. The Kier molecular flexibility index (Phi) is 4.03. The number of benzene rings is 1. The summed E-state index contributed by atoms with van der Waals surface area (Å²) in [6.45, 7) is 11.5. The minimum Gasteiger partial charge on any atom is -0.389 e. The molecule has 0 spiro atoms. The van der Waals surface area contributed by atoms with Crippen molar-refractivity contribution in [3.05, 3.63) is 35.4 Å². The molecular weight excluding hydrogens is 234 g/mol. The maximum absolute atomic E-state index is 10.7. The van der Waals surface area contributed by atoms with Gasteiger partial charge in [-0.1, -0.05) is 50.6 Å². The summed E-state index contributed by atoms with van der Waals surface area (Å²) < 4.78 is 0. The molecule has 0 unspecified atom stereocenters. The highest BCUT2D eigenvalue weighted by atomic mass is 16.3. The van der Waals surface area contributed by atoms with Gasteiger partial charge >= 0.3 is 0 Å². The van der Waals surface area contributed by atoms with Crippen molar-refractivity contribution in [2.45, 2.75) is 52.7 Å². The van der Waals surface area contributed by atoms with Crippen LogP contribution in [0.15, 0.2) is 24.3 Å². The molecule has 0 saturated carbocycles. The molecule has 2 rings (SSSR count). The maximum Gasteiger partial charge on any atom is 0.0720 e. The molecule has 2 nitrogen and oxygen atoms in total. The first-order valence-electron chi connectivity index (χ1n) is 7.30. The molecule has 0 aliphatic carbocycles. The van der Waals surface area contributed by atoms with Gasteiger partial charge in [-0.2, -0.15) is 0 Å². The molecule has 0 radical (unpaired) electrons. The number of nitrogens with zero attached hydrogens (tertiary/aromatic N) is 1. The minimum atomic E-state index is -0.503. The van der Waals surface area contributed by atoms with Gasteiger partial charge in [0.05, 0.1) is 5.60 Å². The lowest BCUT2D eigenvalue weighted by Gasteiger charge is -2.46. The number of hydrogen-bond donors (Lipinski definition) is 1. The van der Waals surface area contributed by atoms with Gasteiger partial charge in [0.25, 0.3) is 0 Å². The molecular formula is C17H27NO. The molecule has 0 aromatic heterocycles. The van der Waals surface area contributed by atoms with Crippen LogP contribution in [0.3, 0.4) is 0 Å². The highest BCUT2D eigenvalue weighted by Crippen LogP contribution is 2.38. The maximum atomic E-state index is 10.7. The fourth-order valence-electron chi connectivity index (χ4n) is 2.78. The van der Waals surface area contributed by atoms with Crippen molar-refractivity contribution < 1.29 is 5.11 Å². The Morgan fingerprint density at radius 2 is 1.63 bits per heavy atom. The molecule has 19 heavy (non-hydrogen) atoms. The normalized spacial score (nSPS) is 20.5. The quantitative estimate of drug-likeness (QED) is 0.882. The molecule has 0 amide bonds. The molecule has 1 N–H and O–H groups in total. The van der Waals surface area contributed by atoms with Gasteiger partial charge in [-0.15, -0.1) is 0 Å². The summed E-state index contributed by atoms with van der Waals surface area (Å²) in [6.07, 6.45) is 1.75. The summed E-state index contributed by atoms with van der Waals surface area (Å²) >= 11 is 0. The van der Waals surface area contributed by atoms with Gasteiger partial charge in [-0.3, -0.25) is 4.90 Å². The van der Waals surface area contributed by atoms with Gasteiger partial charge in [-0.05, 0) is 30.7 Å². The Hall–Kier alpha value is -0.860. The van der Waals surface area contributed by atoms with E-state index in [0.29, 0.717) is 0 Å². The van der Waals surface area contributed by atoms with Crippen LogP contribution in [-0.4, -0.2) is 28.7 Å². The monoisotopic (exact) mass is 261 g/mol. The van der Waals surface area contributed by atoms with E-state index in [1.165, 1.54) is 11.1 Å². The first kappa shape index (κ1) is 14.5. The molecule has 0 atom stereocenters. The van der Waals surface area contributed by atoms with Crippen LogP contribution in [0.4, 0.5) is 0 Å². The minimum absolute atomic E-state index is 0.0249. The van der Waals surface area contributed by atoms with Gasteiger partial charge in [0.2, 0.25) is 0 Å². The molecule has 1 aromatic carbocycles. The van der Waals surface area contributed by atoms with Gasteiger partial charge in [0.15, 0.2) is 0 Å². The second-order valence-electron chi connectivity index (χ2n) is 7.04. The average Bonchev–Trinajstić information content (AvgIpc) is 2.34. The van der Waals surface area contributed by atoms with Crippen LogP contribution < -0.4 is 0 Å². The molecule has 1 saturated heterocycles. The van der Waals surface area contributed by atoms with Gasteiger partial charge in [-0.25, -0.2) is 0 Å². The Balaban J connectivity index is 1.92. The van der Waals surface area contributed by atoms with E-state index in [2.05, 4.69) is 56.9 Å². The Labute approximate surface area is 117 Å². The van der Waals surface area contributed by atoms with Crippen LogP contribution in [0, 0.1) is 12.3 Å². The first-order chi connectivity index (χ1) is 8.80. The zero-order valence-corrected chi connectivity index (χ0v) is 12.7. The summed E-state index contributed by atoms with van der Waals surface area (Å²) in [7, 11) is 0. The molecule has 2 heteroatoms. The average molecular weight is 261 g/mol.